The van der Waals surface area contributed by atoms with Gasteiger partial charge in [0.25, 0.3) is 0 Å². The van der Waals surface area contributed by atoms with Crippen molar-refractivity contribution in [2.45, 2.75) is 33.6 Å². The number of ketones is 1. The summed E-state index contributed by atoms with van der Waals surface area (Å²) >= 11 is 3.19. The second-order valence-corrected chi connectivity index (χ2v) is 6.35. The van der Waals surface area contributed by atoms with Crippen molar-refractivity contribution in [1.82, 2.24) is 9.97 Å². The maximum atomic E-state index is 11.8. The maximum Gasteiger partial charge on any atom is 0.145 e. The first kappa shape index (κ1) is 12.4. The van der Waals surface area contributed by atoms with Crippen LogP contribution in [0.5, 0.6) is 0 Å². The van der Waals surface area contributed by atoms with Gasteiger partial charge in [-0.05, 0) is 20.8 Å². The Labute approximate surface area is 109 Å². The van der Waals surface area contributed by atoms with E-state index in [4.69, 9.17) is 0 Å². The van der Waals surface area contributed by atoms with Crippen molar-refractivity contribution in [1.29, 1.82) is 0 Å². The molecule has 0 fully saturated rings. The summed E-state index contributed by atoms with van der Waals surface area (Å²) < 4.78 is 0. The van der Waals surface area contributed by atoms with Gasteiger partial charge < -0.3 is 0 Å². The molecule has 0 bridgehead atoms. The zero-order valence-electron chi connectivity index (χ0n) is 10.1. The number of aromatic nitrogens is 2. The van der Waals surface area contributed by atoms with Gasteiger partial charge in [-0.15, -0.1) is 22.7 Å². The number of rotatable bonds is 4. The molecule has 2 heterocycles. The van der Waals surface area contributed by atoms with Gasteiger partial charge in [0.1, 0.15) is 10.8 Å². The van der Waals surface area contributed by atoms with Gasteiger partial charge in [-0.3, -0.25) is 4.79 Å². The molecule has 0 saturated heterocycles. The Kier molecular flexibility index (Phi) is 3.69. The standard InChI is InChI=1S/C12H14N2OS2/c1-7-8(2)17-12(13-7)5-11(15)4-10-6-16-9(3)14-10/h6H,4-5H2,1-3H3. The Morgan fingerprint density at radius 2 is 2.00 bits per heavy atom. The van der Waals surface area contributed by atoms with Crippen LogP contribution in [0.1, 0.15) is 26.3 Å². The van der Waals surface area contributed by atoms with Crippen LogP contribution >= 0.6 is 22.7 Å². The molecule has 0 aliphatic carbocycles. The van der Waals surface area contributed by atoms with Gasteiger partial charge >= 0.3 is 0 Å². The van der Waals surface area contributed by atoms with E-state index >= 15 is 0 Å². The molecule has 5 heteroatoms. The molecule has 0 aliphatic heterocycles. The fourth-order valence-corrected chi connectivity index (χ4v) is 3.11. The Morgan fingerprint density at radius 3 is 2.53 bits per heavy atom. The molecular weight excluding hydrogens is 252 g/mol. The predicted molar refractivity (Wildman–Crippen MR) is 70.9 cm³/mol. The van der Waals surface area contributed by atoms with E-state index < -0.39 is 0 Å². The van der Waals surface area contributed by atoms with E-state index in [0.29, 0.717) is 12.8 Å². The van der Waals surface area contributed by atoms with Crippen LogP contribution in [-0.2, 0) is 17.6 Å². The number of nitrogens with zero attached hydrogens (tertiary/aromatic N) is 2. The average molecular weight is 266 g/mol. The molecule has 2 rings (SSSR count). The van der Waals surface area contributed by atoms with Gasteiger partial charge in [0, 0.05) is 16.7 Å². The summed E-state index contributed by atoms with van der Waals surface area (Å²) in [5.41, 5.74) is 1.91. The molecule has 0 aromatic carbocycles. The monoisotopic (exact) mass is 266 g/mol. The number of carbonyl (C=O) groups excluding carboxylic acids is 1. The van der Waals surface area contributed by atoms with E-state index in [-0.39, 0.29) is 5.78 Å². The highest BCUT2D eigenvalue weighted by Gasteiger charge is 2.11. The first-order valence-corrected chi connectivity index (χ1v) is 7.10. The Morgan fingerprint density at radius 1 is 1.24 bits per heavy atom. The lowest BCUT2D eigenvalue weighted by Crippen LogP contribution is -2.06. The van der Waals surface area contributed by atoms with Crippen molar-refractivity contribution in [2.24, 2.45) is 0 Å². The highest BCUT2D eigenvalue weighted by molar-refractivity contribution is 7.11. The smallest absolute Gasteiger partial charge is 0.145 e. The van der Waals surface area contributed by atoms with Gasteiger partial charge in [-0.1, -0.05) is 0 Å². The van der Waals surface area contributed by atoms with Crippen molar-refractivity contribution in [3.05, 3.63) is 31.7 Å². The lowest BCUT2D eigenvalue weighted by molar-refractivity contribution is -0.117. The van der Waals surface area contributed by atoms with Crippen LogP contribution in [0.2, 0.25) is 0 Å². The van der Waals surface area contributed by atoms with Crippen molar-refractivity contribution >= 4 is 28.5 Å². The van der Waals surface area contributed by atoms with E-state index in [2.05, 4.69) is 9.97 Å². The van der Waals surface area contributed by atoms with Crippen molar-refractivity contribution < 1.29 is 4.79 Å². The van der Waals surface area contributed by atoms with Crippen molar-refractivity contribution in [3.8, 4) is 0 Å². The minimum atomic E-state index is 0.184. The predicted octanol–water partition coefficient (Wildman–Crippen LogP) is 2.88. The summed E-state index contributed by atoms with van der Waals surface area (Å²) in [6.45, 7) is 5.96. The van der Waals surface area contributed by atoms with Crippen LogP contribution in [0.3, 0.4) is 0 Å². The van der Waals surface area contributed by atoms with Crippen LogP contribution in [0.4, 0.5) is 0 Å². The van der Waals surface area contributed by atoms with Crippen LogP contribution in [0.25, 0.3) is 0 Å². The number of carbonyl (C=O) groups is 1. The van der Waals surface area contributed by atoms with Gasteiger partial charge in [0.2, 0.25) is 0 Å². The third kappa shape index (κ3) is 3.20. The highest BCUT2D eigenvalue weighted by Crippen LogP contribution is 2.18. The Bertz CT molecular complexity index is 523. The lowest BCUT2D eigenvalue weighted by atomic mass is 10.2. The quantitative estimate of drug-likeness (QED) is 0.854. The fourth-order valence-electron chi connectivity index (χ4n) is 1.54. The topological polar surface area (TPSA) is 42.9 Å². The van der Waals surface area contributed by atoms with Crippen molar-refractivity contribution in [3.63, 3.8) is 0 Å². The third-order valence-corrected chi connectivity index (χ3v) is 4.36. The normalized spacial score (nSPS) is 10.8. The molecule has 90 valence electrons. The molecule has 0 unspecified atom stereocenters. The Hall–Kier alpha value is -1.07. The largest absolute Gasteiger partial charge is 0.299 e. The Balaban J connectivity index is 1.97. The summed E-state index contributed by atoms with van der Waals surface area (Å²) in [7, 11) is 0. The fraction of sp³-hybridized carbons (Fsp3) is 0.417. The van der Waals surface area contributed by atoms with Gasteiger partial charge in [-0.25, -0.2) is 9.97 Å². The van der Waals surface area contributed by atoms with Crippen molar-refractivity contribution in [2.75, 3.05) is 0 Å². The highest BCUT2D eigenvalue weighted by atomic mass is 32.1. The molecule has 2 aromatic heterocycles. The minimum absolute atomic E-state index is 0.184. The summed E-state index contributed by atoms with van der Waals surface area (Å²) in [6.07, 6.45) is 0.845. The molecule has 3 nitrogen and oxygen atoms in total. The van der Waals surface area contributed by atoms with Crippen LogP contribution in [0, 0.1) is 20.8 Å². The molecule has 0 aliphatic rings. The minimum Gasteiger partial charge on any atom is -0.299 e. The van der Waals surface area contributed by atoms with E-state index in [1.165, 1.54) is 4.88 Å². The van der Waals surface area contributed by atoms with E-state index in [1.807, 2.05) is 26.2 Å². The number of hydrogen-bond acceptors (Lipinski definition) is 5. The molecule has 2 aromatic rings. The lowest BCUT2D eigenvalue weighted by Gasteiger charge is -1.94. The van der Waals surface area contributed by atoms with Crippen LogP contribution in [0.15, 0.2) is 5.38 Å². The second-order valence-electron chi connectivity index (χ2n) is 4.00. The molecule has 0 N–H and O–H groups in total. The first-order chi connectivity index (χ1) is 8.04. The first-order valence-electron chi connectivity index (χ1n) is 5.40. The molecule has 0 radical (unpaired) electrons. The molecule has 0 spiro atoms. The molecule has 0 atom stereocenters. The van der Waals surface area contributed by atoms with Gasteiger partial charge in [-0.2, -0.15) is 0 Å². The molecule has 0 saturated carbocycles. The maximum absolute atomic E-state index is 11.8. The summed E-state index contributed by atoms with van der Waals surface area (Å²) in [5, 5.41) is 3.87. The molecule has 17 heavy (non-hydrogen) atoms. The van der Waals surface area contributed by atoms with Gasteiger partial charge in [0.15, 0.2) is 0 Å². The number of hydrogen-bond donors (Lipinski definition) is 0. The summed E-state index contributed by atoms with van der Waals surface area (Å²) in [5.74, 6) is 0.184. The third-order valence-electron chi connectivity index (χ3n) is 2.47. The number of thiazole rings is 2. The zero-order valence-corrected chi connectivity index (χ0v) is 11.7. The summed E-state index contributed by atoms with van der Waals surface area (Å²) in [4.78, 5) is 21.7. The van der Waals surface area contributed by atoms with Crippen LogP contribution in [-0.4, -0.2) is 15.8 Å². The van der Waals surface area contributed by atoms with E-state index in [1.54, 1.807) is 22.7 Å². The number of aryl methyl sites for hydroxylation is 3. The molecular formula is C12H14N2OS2. The SMILES string of the molecule is Cc1nc(CC(=O)Cc2nc(C)c(C)s2)cs1. The van der Waals surface area contributed by atoms with E-state index in [0.717, 1.165) is 21.4 Å². The van der Waals surface area contributed by atoms with Gasteiger partial charge in [0.05, 0.1) is 22.8 Å². The van der Waals surface area contributed by atoms with E-state index in [9.17, 15) is 4.79 Å². The second kappa shape index (κ2) is 5.06. The molecule has 0 amide bonds. The van der Waals surface area contributed by atoms with Crippen LogP contribution < -0.4 is 0 Å². The number of Topliss-reactive ketones (excluding diaryl/α,β-unsaturated/α-hetero) is 1. The summed E-state index contributed by atoms with van der Waals surface area (Å²) in [6, 6.07) is 0. The zero-order chi connectivity index (χ0) is 12.4. The average Bonchev–Trinajstić information content (AvgIpc) is 2.75.